The number of hydrogen-bond donors (Lipinski definition) is 1. The lowest BCUT2D eigenvalue weighted by atomic mass is 10.0. The summed E-state index contributed by atoms with van der Waals surface area (Å²) in [5.74, 6) is 0.298. The number of sulfonamides is 1. The highest BCUT2D eigenvalue weighted by atomic mass is 32.2. The summed E-state index contributed by atoms with van der Waals surface area (Å²) in [6.45, 7) is 3.66. The average Bonchev–Trinajstić information content (AvgIpc) is 2.59. The molecule has 6 nitrogen and oxygen atoms in total. The fourth-order valence-electron chi connectivity index (χ4n) is 2.62. The monoisotopic (exact) mass is 376 g/mol. The number of benzene rings is 2. The molecule has 0 spiro atoms. The molecule has 0 aliphatic carbocycles. The Morgan fingerprint density at radius 3 is 2.46 bits per heavy atom. The summed E-state index contributed by atoms with van der Waals surface area (Å²) in [7, 11) is -2.09. The van der Waals surface area contributed by atoms with Crippen LogP contribution < -0.4 is 14.4 Å². The highest BCUT2D eigenvalue weighted by Gasteiger charge is 2.24. The van der Waals surface area contributed by atoms with E-state index in [4.69, 9.17) is 4.74 Å². The van der Waals surface area contributed by atoms with E-state index in [1.54, 1.807) is 36.4 Å². The Hall–Kier alpha value is -2.54. The van der Waals surface area contributed by atoms with Gasteiger partial charge in [0.15, 0.2) is 0 Å². The Bertz CT molecular complexity index is 879. The van der Waals surface area contributed by atoms with E-state index in [1.807, 2.05) is 26.0 Å². The molecule has 0 saturated carbocycles. The molecular weight excluding hydrogens is 352 g/mol. The highest BCUT2D eigenvalue weighted by molar-refractivity contribution is 7.92. The van der Waals surface area contributed by atoms with Crippen LogP contribution in [0, 0.1) is 0 Å². The molecule has 1 N–H and O–H groups in total. The quantitative estimate of drug-likeness (QED) is 0.805. The molecule has 2 aromatic rings. The number of nitrogens with zero attached hydrogens (tertiary/aromatic N) is 1. The minimum Gasteiger partial charge on any atom is -0.497 e. The van der Waals surface area contributed by atoms with E-state index in [-0.39, 0.29) is 12.5 Å². The van der Waals surface area contributed by atoms with Gasteiger partial charge in [-0.1, -0.05) is 38.1 Å². The van der Waals surface area contributed by atoms with Crippen molar-refractivity contribution >= 4 is 27.3 Å². The van der Waals surface area contributed by atoms with Gasteiger partial charge in [0.1, 0.15) is 12.3 Å². The fraction of sp³-hybridized carbons (Fsp3) is 0.316. The Morgan fingerprint density at radius 1 is 1.15 bits per heavy atom. The molecule has 0 aromatic heterocycles. The molecule has 140 valence electrons. The molecule has 0 radical (unpaired) electrons. The maximum Gasteiger partial charge on any atom is 0.245 e. The van der Waals surface area contributed by atoms with Gasteiger partial charge in [0, 0.05) is 11.8 Å². The van der Waals surface area contributed by atoms with Gasteiger partial charge in [-0.25, -0.2) is 8.42 Å². The van der Waals surface area contributed by atoms with E-state index in [1.165, 1.54) is 7.11 Å². The summed E-state index contributed by atoms with van der Waals surface area (Å²) < 4.78 is 30.9. The number of ether oxygens (including phenoxy) is 1. The lowest BCUT2D eigenvalue weighted by molar-refractivity contribution is -0.114. The lowest BCUT2D eigenvalue weighted by Gasteiger charge is -2.25. The van der Waals surface area contributed by atoms with Gasteiger partial charge in [0.05, 0.1) is 19.1 Å². The van der Waals surface area contributed by atoms with E-state index < -0.39 is 15.9 Å². The van der Waals surface area contributed by atoms with Crippen molar-refractivity contribution in [1.29, 1.82) is 0 Å². The predicted octanol–water partition coefficient (Wildman–Crippen LogP) is 3.22. The first-order chi connectivity index (χ1) is 12.2. The van der Waals surface area contributed by atoms with Crippen molar-refractivity contribution in [3.05, 3.63) is 54.1 Å². The van der Waals surface area contributed by atoms with Crippen molar-refractivity contribution in [1.82, 2.24) is 0 Å². The first-order valence-electron chi connectivity index (χ1n) is 8.23. The summed E-state index contributed by atoms with van der Waals surface area (Å²) in [4.78, 5) is 12.5. The molecule has 0 saturated heterocycles. The molecule has 0 bridgehead atoms. The number of methoxy groups -OCH3 is 1. The molecule has 0 unspecified atom stereocenters. The molecule has 7 heteroatoms. The van der Waals surface area contributed by atoms with Crippen LogP contribution in [0.2, 0.25) is 0 Å². The molecular formula is C19H24N2O4S. The summed E-state index contributed by atoms with van der Waals surface area (Å²) >= 11 is 0. The van der Waals surface area contributed by atoms with Crippen LogP contribution in [0.3, 0.4) is 0 Å². The third-order valence-corrected chi connectivity index (χ3v) is 4.99. The van der Waals surface area contributed by atoms with Crippen LogP contribution in [-0.4, -0.2) is 34.2 Å². The number of carbonyl (C=O) groups excluding carboxylic acids is 1. The highest BCUT2D eigenvalue weighted by Crippen LogP contribution is 2.29. The topological polar surface area (TPSA) is 75.7 Å². The van der Waals surface area contributed by atoms with Crippen LogP contribution in [0.15, 0.2) is 48.5 Å². The van der Waals surface area contributed by atoms with Gasteiger partial charge >= 0.3 is 0 Å². The summed E-state index contributed by atoms with van der Waals surface area (Å²) in [5.41, 5.74) is 1.93. The molecule has 2 rings (SSSR count). The molecule has 0 heterocycles. The maximum atomic E-state index is 12.5. The van der Waals surface area contributed by atoms with Gasteiger partial charge in [-0.05, 0) is 29.7 Å². The summed E-state index contributed by atoms with van der Waals surface area (Å²) in [5, 5.41) is 2.71. The second-order valence-electron chi connectivity index (χ2n) is 6.26. The van der Waals surface area contributed by atoms with Gasteiger partial charge in [-0.2, -0.15) is 0 Å². The van der Waals surface area contributed by atoms with Crippen molar-refractivity contribution in [2.75, 3.05) is 29.5 Å². The SMILES string of the molecule is COc1cccc(NC(=O)CN(c2ccccc2C(C)C)S(C)(=O)=O)c1. The van der Waals surface area contributed by atoms with E-state index in [0.717, 1.165) is 16.1 Å². The number of para-hydroxylation sites is 1. The lowest BCUT2D eigenvalue weighted by Crippen LogP contribution is -2.38. The first kappa shape index (κ1) is 19.8. The van der Waals surface area contributed by atoms with E-state index in [0.29, 0.717) is 17.1 Å². The number of nitrogens with one attached hydrogen (secondary N) is 1. The number of rotatable bonds is 7. The number of amides is 1. The van der Waals surface area contributed by atoms with Crippen LogP contribution in [0.4, 0.5) is 11.4 Å². The number of carbonyl (C=O) groups is 1. The van der Waals surface area contributed by atoms with E-state index in [9.17, 15) is 13.2 Å². The Labute approximate surface area is 154 Å². The van der Waals surface area contributed by atoms with Crippen molar-refractivity contribution in [3.63, 3.8) is 0 Å². The van der Waals surface area contributed by atoms with E-state index >= 15 is 0 Å². The largest absolute Gasteiger partial charge is 0.497 e. The Balaban J connectivity index is 2.28. The van der Waals surface area contributed by atoms with Gasteiger partial charge < -0.3 is 10.1 Å². The summed E-state index contributed by atoms with van der Waals surface area (Å²) in [6.07, 6.45) is 1.10. The molecule has 0 aliphatic heterocycles. The zero-order valence-electron chi connectivity index (χ0n) is 15.4. The second kappa shape index (κ2) is 8.23. The normalized spacial score (nSPS) is 11.3. The maximum absolute atomic E-state index is 12.5. The fourth-order valence-corrected chi connectivity index (χ4v) is 3.49. The average molecular weight is 376 g/mol. The Morgan fingerprint density at radius 2 is 1.85 bits per heavy atom. The first-order valence-corrected chi connectivity index (χ1v) is 10.1. The van der Waals surface area contributed by atoms with Crippen LogP contribution in [-0.2, 0) is 14.8 Å². The van der Waals surface area contributed by atoms with Crippen molar-refractivity contribution < 1.29 is 17.9 Å². The Kier molecular flexibility index (Phi) is 6.26. The van der Waals surface area contributed by atoms with Crippen LogP contribution >= 0.6 is 0 Å². The van der Waals surface area contributed by atoms with Gasteiger partial charge in [-0.15, -0.1) is 0 Å². The standard InChI is InChI=1S/C19H24N2O4S/c1-14(2)17-10-5-6-11-18(17)21(26(4,23)24)13-19(22)20-15-8-7-9-16(12-15)25-3/h5-12,14H,13H2,1-4H3,(H,20,22). The zero-order valence-corrected chi connectivity index (χ0v) is 16.2. The van der Waals surface area contributed by atoms with Crippen LogP contribution in [0.5, 0.6) is 5.75 Å². The zero-order chi connectivity index (χ0) is 19.3. The molecule has 26 heavy (non-hydrogen) atoms. The van der Waals surface area contributed by atoms with E-state index in [2.05, 4.69) is 5.32 Å². The minimum atomic E-state index is -3.63. The number of anilines is 2. The van der Waals surface area contributed by atoms with Crippen molar-refractivity contribution in [2.45, 2.75) is 19.8 Å². The van der Waals surface area contributed by atoms with Crippen LogP contribution in [0.1, 0.15) is 25.3 Å². The number of hydrogen-bond acceptors (Lipinski definition) is 4. The molecule has 2 aromatic carbocycles. The molecule has 0 fully saturated rings. The molecule has 0 atom stereocenters. The predicted molar refractivity (Wildman–Crippen MR) is 104 cm³/mol. The molecule has 0 aliphatic rings. The van der Waals surface area contributed by atoms with Crippen LogP contribution in [0.25, 0.3) is 0 Å². The summed E-state index contributed by atoms with van der Waals surface area (Å²) in [6, 6.07) is 14.1. The smallest absolute Gasteiger partial charge is 0.245 e. The van der Waals surface area contributed by atoms with Crippen molar-refractivity contribution in [2.24, 2.45) is 0 Å². The van der Waals surface area contributed by atoms with Crippen molar-refractivity contribution in [3.8, 4) is 5.75 Å². The minimum absolute atomic E-state index is 0.122. The third-order valence-electron chi connectivity index (χ3n) is 3.87. The third kappa shape index (κ3) is 4.98. The second-order valence-corrected chi connectivity index (χ2v) is 8.17. The van der Waals surface area contributed by atoms with Gasteiger partial charge in [-0.3, -0.25) is 9.10 Å². The van der Waals surface area contributed by atoms with Gasteiger partial charge in [0.25, 0.3) is 0 Å². The molecule has 1 amide bonds. The van der Waals surface area contributed by atoms with Gasteiger partial charge in [0.2, 0.25) is 15.9 Å².